The summed E-state index contributed by atoms with van der Waals surface area (Å²) in [6.07, 6.45) is 0. The molecule has 74 valence electrons. The summed E-state index contributed by atoms with van der Waals surface area (Å²) >= 11 is 0. The lowest BCUT2D eigenvalue weighted by molar-refractivity contribution is 0.232. The first-order chi connectivity index (χ1) is 5.95. The molecule has 0 bridgehead atoms. The molecule has 0 spiro atoms. The van der Waals surface area contributed by atoms with E-state index in [0.717, 1.165) is 0 Å². The van der Waals surface area contributed by atoms with E-state index in [4.69, 9.17) is 5.53 Å². The number of nitrogens with one attached hydrogen (secondary N) is 2. The minimum absolute atomic E-state index is 0.247. The molecule has 0 aliphatic heterocycles. The van der Waals surface area contributed by atoms with Crippen LogP contribution in [-0.2, 0) is 0 Å². The van der Waals surface area contributed by atoms with Gasteiger partial charge in [0.15, 0.2) is 0 Å². The number of carbonyl (C=O) groups is 1. The molecular weight excluding hydrogens is 170 g/mol. The summed E-state index contributed by atoms with van der Waals surface area (Å²) < 4.78 is 0. The number of azide groups is 1. The van der Waals surface area contributed by atoms with Crippen molar-refractivity contribution in [2.75, 3.05) is 13.1 Å². The zero-order valence-corrected chi connectivity index (χ0v) is 8.16. The van der Waals surface area contributed by atoms with Crippen molar-refractivity contribution in [2.45, 2.75) is 26.3 Å². The van der Waals surface area contributed by atoms with Crippen LogP contribution >= 0.6 is 0 Å². The predicted molar refractivity (Wildman–Crippen MR) is 50.3 cm³/mol. The highest BCUT2D eigenvalue weighted by molar-refractivity contribution is 5.74. The smallest absolute Gasteiger partial charge is 0.315 e. The highest BCUT2D eigenvalue weighted by atomic mass is 16.2. The van der Waals surface area contributed by atoms with Crippen LogP contribution in [0.2, 0.25) is 0 Å². The topological polar surface area (TPSA) is 89.9 Å². The number of nitrogens with zero attached hydrogens (tertiary/aromatic N) is 3. The zero-order chi connectivity index (χ0) is 10.3. The van der Waals surface area contributed by atoms with Crippen molar-refractivity contribution in [3.05, 3.63) is 10.4 Å². The van der Waals surface area contributed by atoms with Gasteiger partial charge in [-0.1, -0.05) is 5.11 Å². The van der Waals surface area contributed by atoms with E-state index in [-0.39, 0.29) is 18.1 Å². The van der Waals surface area contributed by atoms with Crippen LogP contribution in [0.4, 0.5) is 4.79 Å². The molecule has 0 radical (unpaired) electrons. The Morgan fingerprint density at radius 2 is 2.15 bits per heavy atom. The van der Waals surface area contributed by atoms with Crippen LogP contribution in [0.1, 0.15) is 20.8 Å². The summed E-state index contributed by atoms with van der Waals surface area (Å²) in [6, 6.07) is -0.249. The number of carbonyl (C=O) groups excluding carboxylic acids is 1. The van der Waals surface area contributed by atoms with Crippen LogP contribution in [0.25, 0.3) is 10.4 Å². The van der Waals surface area contributed by atoms with E-state index < -0.39 is 0 Å². The molecule has 13 heavy (non-hydrogen) atoms. The first kappa shape index (κ1) is 11.6. The van der Waals surface area contributed by atoms with Gasteiger partial charge in [0.25, 0.3) is 0 Å². The molecule has 0 saturated carbocycles. The van der Waals surface area contributed by atoms with Crippen molar-refractivity contribution in [3.63, 3.8) is 0 Å². The monoisotopic (exact) mass is 185 g/mol. The second kappa shape index (κ2) is 5.27. The van der Waals surface area contributed by atoms with Gasteiger partial charge in [-0.05, 0) is 26.3 Å². The Morgan fingerprint density at radius 3 is 2.62 bits per heavy atom. The first-order valence-corrected chi connectivity index (χ1v) is 4.02. The summed E-state index contributed by atoms with van der Waals surface area (Å²) in [4.78, 5) is 13.6. The zero-order valence-electron chi connectivity index (χ0n) is 8.16. The van der Waals surface area contributed by atoms with Gasteiger partial charge in [-0.15, -0.1) is 0 Å². The third-order valence-electron chi connectivity index (χ3n) is 1.05. The van der Waals surface area contributed by atoms with Crippen LogP contribution in [0.15, 0.2) is 5.11 Å². The molecule has 0 unspecified atom stereocenters. The number of urea groups is 1. The second-order valence-corrected chi connectivity index (χ2v) is 3.59. The van der Waals surface area contributed by atoms with E-state index in [1.807, 2.05) is 20.8 Å². The van der Waals surface area contributed by atoms with Crippen LogP contribution in [0.3, 0.4) is 0 Å². The maximum Gasteiger partial charge on any atom is 0.315 e. The minimum atomic E-state index is -0.249. The van der Waals surface area contributed by atoms with Gasteiger partial charge in [0.1, 0.15) is 0 Å². The minimum Gasteiger partial charge on any atom is -0.338 e. The predicted octanol–water partition coefficient (Wildman–Crippen LogP) is 1.39. The molecule has 0 aromatic heterocycles. The van der Waals surface area contributed by atoms with Crippen molar-refractivity contribution in [2.24, 2.45) is 5.11 Å². The van der Waals surface area contributed by atoms with Crippen LogP contribution in [-0.4, -0.2) is 24.7 Å². The van der Waals surface area contributed by atoms with Crippen LogP contribution in [0, 0.1) is 0 Å². The molecule has 0 aromatic carbocycles. The second-order valence-electron chi connectivity index (χ2n) is 3.59. The van der Waals surface area contributed by atoms with Gasteiger partial charge in [0.05, 0.1) is 0 Å². The Hall–Kier alpha value is -1.42. The SMILES string of the molecule is CC(C)(C)NC(=O)NCCN=[N+]=[N-]. The van der Waals surface area contributed by atoms with Gasteiger partial charge in [-0.25, -0.2) is 4.79 Å². The molecule has 0 aliphatic rings. The van der Waals surface area contributed by atoms with E-state index in [0.29, 0.717) is 6.54 Å². The molecule has 2 N–H and O–H groups in total. The quantitative estimate of drug-likeness (QED) is 0.296. The summed E-state index contributed by atoms with van der Waals surface area (Å²) in [7, 11) is 0. The molecular formula is C7H15N5O. The Morgan fingerprint density at radius 1 is 1.54 bits per heavy atom. The standard InChI is InChI=1S/C7H15N5O/c1-7(2,3)11-6(13)9-4-5-10-12-8/h4-5H2,1-3H3,(H2,9,11,13). The van der Waals surface area contributed by atoms with E-state index in [2.05, 4.69) is 20.7 Å². The molecule has 6 nitrogen and oxygen atoms in total. The maximum atomic E-state index is 11.1. The molecule has 2 amide bonds. The molecule has 0 saturated heterocycles. The Bertz CT molecular complexity index is 213. The number of rotatable bonds is 3. The summed E-state index contributed by atoms with van der Waals surface area (Å²) in [6.45, 7) is 6.29. The van der Waals surface area contributed by atoms with Crippen molar-refractivity contribution in [1.82, 2.24) is 10.6 Å². The average molecular weight is 185 g/mol. The third-order valence-corrected chi connectivity index (χ3v) is 1.05. The van der Waals surface area contributed by atoms with Gasteiger partial charge < -0.3 is 10.6 Å². The van der Waals surface area contributed by atoms with Gasteiger partial charge >= 0.3 is 6.03 Å². The highest BCUT2D eigenvalue weighted by Crippen LogP contribution is 1.96. The first-order valence-electron chi connectivity index (χ1n) is 4.02. The van der Waals surface area contributed by atoms with Gasteiger partial charge in [0, 0.05) is 23.5 Å². The van der Waals surface area contributed by atoms with E-state index in [1.54, 1.807) is 0 Å². The molecule has 0 rings (SSSR count). The lowest BCUT2D eigenvalue weighted by atomic mass is 10.1. The number of amides is 2. The average Bonchev–Trinajstić information content (AvgIpc) is 1.94. The maximum absolute atomic E-state index is 11.1. The largest absolute Gasteiger partial charge is 0.338 e. The fourth-order valence-corrected chi connectivity index (χ4v) is 0.649. The molecule has 0 aliphatic carbocycles. The summed E-state index contributed by atoms with van der Waals surface area (Å²) in [5.41, 5.74) is 7.70. The molecule has 0 heterocycles. The highest BCUT2D eigenvalue weighted by Gasteiger charge is 2.12. The Kier molecular flexibility index (Phi) is 4.69. The summed E-state index contributed by atoms with van der Waals surface area (Å²) in [5, 5.41) is 8.55. The van der Waals surface area contributed by atoms with Crippen LogP contribution < -0.4 is 10.6 Å². The fourth-order valence-electron chi connectivity index (χ4n) is 0.649. The van der Waals surface area contributed by atoms with E-state index in [1.165, 1.54) is 0 Å². The van der Waals surface area contributed by atoms with Gasteiger partial charge in [0.2, 0.25) is 0 Å². The van der Waals surface area contributed by atoms with Gasteiger partial charge in [-0.2, -0.15) is 0 Å². The summed E-state index contributed by atoms with van der Waals surface area (Å²) in [5.74, 6) is 0. The van der Waals surface area contributed by atoms with Crippen molar-refractivity contribution in [3.8, 4) is 0 Å². The lowest BCUT2D eigenvalue weighted by Gasteiger charge is -2.20. The van der Waals surface area contributed by atoms with Crippen LogP contribution in [0.5, 0.6) is 0 Å². The molecule has 0 atom stereocenters. The number of hydrogen-bond acceptors (Lipinski definition) is 2. The van der Waals surface area contributed by atoms with Gasteiger partial charge in [-0.3, -0.25) is 0 Å². The number of hydrogen-bond donors (Lipinski definition) is 2. The third kappa shape index (κ3) is 8.49. The lowest BCUT2D eigenvalue weighted by Crippen LogP contribution is -2.46. The molecule has 6 heteroatoms. The van der Waals surface area contributed by atoms with Crippen molar-refractivity contribution < 1.29 is 4.79 Å². The van der Waals surface area contributed by atoms with E-state index in [9.17, 15) is 4.79 Å². The Balaban J connectivity index is 3.58. The van der Waals surface area contributed by atoms with Crippen molar-refractivity contribution >= 4 is 6.03 Å². The van der Waals surface area contributed by atoms with Crippen molar-refractivity contribution in [1.29, 1.82) is 0 Å². The normalized spacial score (nSPS) is 10.1. The fraction of sp³-hybridized carbons (Fsp3) is 0.857. The molecule has 0 fully saturated rings. The molecule has 0 aromatic rings. The Labute approximate surface area is 77.3 Å². The van der Waals surface area contributed by atoms with E-state index >= 15 is 0 Å².